The van der Waals surface area contributed by atoms with Crippen molar-refractivity contribution < 1.29 is 14.3 Å². The van der Waals surface area contributed by atoms with Crippen LogP contribution in [0.4, 0.5) is 0 Å². The smallest absolute Gasteiger partial charge is 0.339 e. The predicted octanol–water partition coefficient (Wildman–Crippen LogP) is 3.32. The summed E-state index contributed by atoms with van der Waals surface area (Å²) in [5.41, 5.74) is 0.459. The highest BCUT2D eigenvalue weighted by Crippen LogP contribution is 2.20. The maximum atomic E-state index is 11.7. The molecular formula is C12H15BrO3S. The molecule has 0 aliphatic heterocycles. The summed E-state index contributed by atoms with van der Waals surface area (Å²) < 4.78 is 11.2. The monoisotopic (exact) mass is 318 g/mol. The molecule has 5 heteroatoms. The highest BCUT2D eigenvalue weighted by molar-refractivity contribution is 9.10. The molecule has 0 aliphatic carbocycles. The molecule has 0 amide bonds. The third kappa shape index (κ3) is 5.10. The van der Waals surface area contributed by atoms with Crippen LogP contribution >= 0.6 is 28.6 Å². The van der Waals surface area contributed by atoms with Gasteiger partial charge in [-0.2, -0.15) is 0 Å². The normalized spacial score (nSPS) is 10.6. The summed E-state index contributed by atoms with van der Waals surface area (Å²) in [6.45, 7) is 4.52. The Kier molecular flexibility index (Phi) is 6.02. The van der Waals surface area contributed by atoms with Gasteiger partial charge in [-0.15, -0.1) is 12.6 Å². The molecule has 1 aromatic rings. The Balaban J connectivity index is 2.47. The van der Waals surface area contributed by atoms with E-state index in [0.29, 0.717) is 17.1 Å². The Morgan fingerprint density at radius 3 is 2.71 bits per heavy atom. The number of thiol groups is 1. The van der Waals surface area contributed by atoms with Crippen LogP contribution in [0.3, 0.4) is 0 Å². The first kappa shape index (κ1) is 14.5. The van der Waals surface area contributed by atoms with Crippen molar-refractivity contribution in [2.45, 2.75) is 24.8 Å². The lowest BCUT2D eigenvalue weighted by molar-refractivity contribution is 0.0174. The average molecular weight is 319 g/mol. The number of rotatable bonds is 5. The Morgan fingerprint density at radius 1 is 1.41 bits per heavy atom. The molecule has 0 aliphatic rings. The number of esters is 1. The molecule has 3 nitrogen and oxygen atoms in total. The standard InChI is InChI=1S/C12H15BrO3S/c1-8(2)15-5-6-16-12(14)10-4-3-9(13)7-11(10)17/h3-4,7-8,17H,5-6H2,1-2H3. The maximum Gasteiger partial charge on any atom is 0.339 e. The van der Waals surface area contributed by atoms with Gasteiger partial charge in [-0.1, -0.05) is 15.9 Å². The van der Waals surface area contributed by atoms with Crippen molar-refractivity contribution in [2.75, 3.05) is 13.2 Å². The topological polar surface area (TPSA) is 35.5 Å². The van der Waals surface area contributed by atoms with E-state index in [1.807, 2.05) is 13.8 Å². The lowest BCUT2D eigenvalue weighted by Crippen LogP contribution is -2.14. The number of ether oxygens (including phenoxy) is 2. The second-order valence-electron chi connectivity index (χ2n) is 3.72. The third-order valence-electron chi connectivity index (χ3n) is 1.95. The van der Waals surface area contributed by atoms with Crippen molar-refractivity contribution in [2.24, 2.45) is 0 Å². The largest absolute Gasteiger partial charge is 0.460 e. The third-order valence-corrected chi connectivity index (χ3v) is 2.81. The van der Waals surface area contributed by atoms with Crippen molar-refractivity contribution in [1.82, 2.24) is 0 Å². The molecule has 0 N–H and O–H groups in total. The van der Waals surface area contributed by atoms with Gasteiger partial charge < -0.3 is 9.47 Å². The zero-order valence-electron chi connectivity index (χ0n) is 9.77. The van der Waals surface area contributed by atoms with E-state index in [9.17, 15) is 4.79 Å². The van der Waals surface area contributed by atoms with Gasteiger partial charge in [-0.05, 0) is 32.0 Å². The predicted molar refractivity (Wildman–Crippen MR) is 72.8 cm³/mol. The summed E-state index contributed by atoms with van der Waals surface area (Å²) in [6, 6.07) is 5.21. The Bertz CT molecular complexity index is 393. The molecule has 94 valence electrons. The SMILES string of the molecule is CC(C)OCCOC(=O)c1ccc(Br)cc1S. The fourth-order valence-corrected chi connectivity index (χ4v) is 2.02. The molecule has 0 radical (unpaired) electrons. The number of hydrogen-bond donors (Lipinski definition) is 1. The van der Waals surface area contributed by atoms with Gasteiger partial charge >= 0.3 is 5.97 Å². The van der Waals surface area contributed by atoms with Gasteiger partial charge in [0.15, 0.2) is 0 Å². The van der Waals surface area contributed by atoms with Crippen molar-refractivity contribution in [3.05, 3.63) is 28.2 Å². The van der Waals surface area contributed by atoms with Crippen LogP contribution in [0.5, 0.6) is 0 Å². The molecule has 17 heavy (non-hydrogen) atoms. The first-order valence-corrected chi connectivity index (χ1v) is 6.52. The first-order valence-electron chi connectivity index (χ1n) is 5.28. The summed E-state index contributed by atoms with van der Waals surface area (Å²) in [5, 5.41) is 0. The van der Waals surface area contributed by atoms with Gasteiger partial charge in [-0.3, -0.25) is 0 Å². The summed E-state index contributed by atoms with van der Waals surface area (Å²) in [4.78, 5) is 12.3. The minimum absolute atomic E-state index is 0.141. The molecule has 0 fully saturated rings. The molecule has 1 rings (SSSR count). The van der Waals surface area contributed by atoms with Crippen molar-refractivity contribution in [3.8, 4) is 0 Å². The van der Waals surface area contributed by atoms with Crippen molar-refractivity contribution in [3.63, 3.8) is 0 Å². The molecule has 0 saturated carbocycles. The number of halogens is 1. The van der Waals surface area contributed by atoms with Gasteiger partial charge in [0.2, 0.25) is 0 Å². The van der Waals surface area contributed by atoms with Crippen LogP contribution in [0.2, 0.25) is 0 Å². The van der Waals surface area contributed by atoms with Crippen LogP contribution in [0, 0.1) is 0 Å². The molecule has 1 aromatic carbocycles. The lowest BCUT2D eigenvalue weighted by atomic mass is 10.2. The second-order valence-corrected chi connectivity index (χ2v) is 5.11. The van der Waals surface area contributed by atoms with E-state index in [-0.39, 0.29) is 18.7 Å². The van der Waals surface area contributed by atoms with Crippen LogP contribution in [0.25, 0.3) is 0 Å². The Morgan fingerprint density at radius 2 is 2.12 bits per heavy atom. The van der Waals surface area contributed by atoms with E-state index < -0.39 is 0 Å². The zero-order valence-corrected chi connectivity index (χ0v) is 12.3. The molecule has 0 atom stereocenters. The summed E-state index contributed by atoms with van der Waals surface area (Å²) >= 11 is 7.53. The van der Waals surface area contributed by atoms with Crippen molar-refractivity contribution in [1.29, 1.82) is 0 Å². The summed E-state index contributed by atoms with van der Waals surface area (Å²) in [6.07, 6.45) is 0.141. The van der Waals surface area contributed by atoms with E-state index in [2.05, 4.69) is 28.6 Å². The van der Waals surface area contributed by atoms with Gasteiger partial charge in [0.1, 0.15) is 6.61 Å². The Hall–Kier alpha value is -0.520. The molecular weight excluding hydrogens is 304 g/mol. The molecule has 0 saturated heterocycles. The highest BCUT2D eigenvalue weighted by atomic mass is 79.9. The number of carbonyl (C=O) groups excluding carboxylic acids is 1. The minimum Gasteiger partial charge on any atom is -0.460 e. The second kappa shape index (κ2) is 7.03. The van der Waals surface area contributed by atoms with E-state index >= 15 is 0 Å². The number of benzene rings is 1. The molecule has 0 bridgehead atoms. The summed E-state index contributed by atoms with van der Waals surface area (Å²) in [7, 11) is 0. The molecule has 0 aromatic heterocycles. The minimum atomic E-state index is -0.380. The first-order chi connectivity index (χ1) is 8.00. The number of carbonyl (C=O) groups is 1. The van der Waals surface area contributed by atoms with Crippen LogP contribution < -0.4 is 0 Å². The van der Waals surface area contributed by atoms with E-state index in [1.165, 1.54) is 0 Å². The fraction of sp³-hybridized carbons (Fsp3) is 0.417. The van der Waals surface area contributed by atoms with Gasteiger partial charge in [-0.25, -0.2) is 4.79 Å². The Labute approximate surface area is 115 Å². The number of hydrogen-bond acceptors (Lipinski definition) is 4. The van der Waals surface area contributed by atoms with Gasteiger partial charge in [0, 0.05) is 9.37 Å². The van der Waals surface area contributed by atoms with E-state index in [0.717, 1.165) is 4.47 Å². The van der Waals surface area contributed by atoms with Crippen LogP contribution in [0.1, 0.15) is 24.2 Å². The van der Waals surface area contributed by atoms with Crippen LogP contribution in [0.15, 0.2) is 27.6 Å². The van der Waals surface area contributed by atoms with Gasteiger partial charge in [0.05, 0.1) is 18.3 Å². The fourth-order valence-electron chi connectivity index (χ4n) is 1.17. The quantitative estimate of drug-likeness (QED) is 0.514. The average Bonchev–Trinajstić information content (AvgIpc) is 2.23. The summed E-state index contributed by atoms with van der Waals surface area (Å²) in [5.74, 6) is -0.380. The van der Waals surface area contributed by atoms with Crippen LogP contribution in [-0.4, -0.2) is 25.3 Å². The maximum absolute atomic E-state index is 11.7. The van der Waals surface area contributed by atoms with Crippen LogP contribution in [-0.2, 0) is 9.47 Å². The highest BCUT2D eigenvalue weighted by Gasteiger charge is 2.11. The zero-order chi connectivity index (χ0) is 12.8. The molecule has 0 unspecified atom stereocenters. The van der Waals surface area contributed by atoms with Gasteiger partial charge in [0.25, 0.3) is 0 Å². The van der Waals surface area contributed by atoms with E-state index in [4.69, 9.17) is 9.47 Å². The van der Waals surface area contributed by atoms with E-state index in [1.54, 1.807) is 18.2 Å². The molecule has 0 heterocycles. The lowest BCUT2D eigenvalue weighted by Gasteiger charge is -2.09. The molecule has 0 spiro atoms. The van der Waals surface area contributed by atoms with Crippen molar-refractivity contribution >= 4 is 34.5 Å².